The number of amides is 1. The first-order chi connectivity index (χ1) is 10.1. The Morgan fingerprint density at radius 1 is 1.18 bits per heavy atom. The lowest BCUT2D eigenvalue weighted by Crippen LogP contribution is -2.40. The molecule has 0 bridgehead atoms. The second kappa shape index (κ2) is 8.97. The van der Waals surface area contributed by atoms with Gasteiger partial charge < -0.3 is 15.5 Å². The van der Waals surface area contributed by atoms with Gasteiger partial charge in [0.25, 0.3) is 5.91 Å². The highest BCUT2D eigenvalue weighted by molar-refractivity contribution is 14.0. The number of nitrogens with zero attached hydrogens (tertiary/aromatic N) is 3. The molecule has 1 amide bonds. The van der Waals surface area contributed by atoms with Crippen molar-refractivity contribution in [3.63, 3.8) is 0 Å². The molecule has 0 radical (unpaired) electrons. The Morgan fingerprint density at radius 3 is 2.32 bits per heavy atom. The molecule has 2 rings (SSSR count). The van der Waals surface area contributed by atoms with Gasteiger partial charge in [-0.05, 0) is 37.0 Å². The van der Waals surface area contributed by atoms with Gasteiger partial charge in [0.1, 0.15) is 0 Å². The first kappa shape index (κ1) is 18.7. The molecular weight excluding hydrogens is 391 g/mol. The van der Waals surface area contributed by atoms with E-state index in [1.54, 1.807) is 19.0 Å². The second-order valence-electron chi connectivity index (χ2n) is 5.62. The van der Waals surface area contributed by atoms with E-state index < -0.39 is 0 Å². The fourth-order valence-corrected chi connectivity index (χ4v) is 2.41. The van der Waals surface area contributed by atoms with E-state index in [0.29, 0.717) is 18.1 Å². The zero-order valence-corrected chi connectivity index (χ0v) is 15.6. The summed E-state index contributed by atoms with van der Waals surface area (Å²) in [5.74, 6) is 0.640. The summed E-state index contributed by atoms with van der Waals surface area (Å²) >= 11 is 0. The lowest BCUT2D eigenvalue weighted by molar-refractivity contribution is 0.0827. The van der Waals surface area contributed by atoms with E-state index in [1.165, 1.54) is 19.3 Å². The van der Waals surface area contributed by atoms with Crippen LogP contribution < -0.4 is 5.73 Å². The highest BCUT2D eigenvalue weighted by atomic mass is 127. The first-order valence-corrected chi connectivity index (χ1v) is 7.43. The Labute approximate surface area is 149 Å². The van der Waals surface area contributed by atoms with Crippen LogP contribution in [0.5, 0.6) is 0 Å². The molecule has 0 saturated carbocycles. The molecule has 1 saturated heterocycles. The minimum absolute atomic E-state index is 0. The fourth-order valence-electron chi connectivity index (χ4n) is 2.41. The molecule has 0 unspecified atom stereocenters. The summed E-state index contributed by atoms with van der Waals surface area (Å²) in [6.07, 6.45) is 3.67. The quantitative estimate of drug-likeness (QED) is 0.468. The lowest BCUT2D eigenvalue weighted by atomic mass is 10.1. The van der Waals surface area contributed by atoms with Gasteiger partial charge in [-0.25, -0.2) is 4.99 Å². The van der Waals surface area contributed by atoms with Gasteiger partial charge in [0, 0.05) is 32.7 Å². The number of aliphatic imine (C=N–C) groups is 1. The maximum Gasteiger partial charge on any atom is 0.253 e. The fraction of sp³-hybridized carbons (Fsp3) is 0.500. The number of carbonyl (C=O) groups is 1. The van der Waals surface area contributed by atoms with Crippen molar-refractivity contribution in [3.8, 4) is 0 Å². The largest absolute Gasteiger partial charge is 0.370 e. The number of likely N-dealkylation sites (tertiary alicyclic amines) is 1. The molecule has 22 heavy (non-hydrogen) atoms. The maximum atomic E-state index is 11.8. The summed E-state index contributed by atoms with van der Waals surface area (Å²) in [7, 11) is 3.50. The van der Waals surface area contributed by atoms with Crippen LogP contribution in [-0.2, 0) is 6.54 Å². The van der Waals surface area contributed by atoms with Crippen molar-refractivity contribution >= 4 is 35.8 Å². The van der Waals surface area contributed by atoms with Crippen LogP contribution in [0.25, 0.3) is 0 Å². The number of guanidine groups is 1. The summed E-state index contributed by atoms with van der Waals surface area (Å²) in [5, 5.41) is 0. The molecule has 5 nitrogen and oxygen atoms in total. The van der Waals surface area contributed by atoms with E-state index in [9.17, 15) is 4.79 Å². The number of carbonyl (C=O) groups excluding carboxylic acids is 1. The minimum Gasteiger partial charge on any atom is -0.370 e. The van der Waals surface area contributed by atoms with Crippen LogP contribution in [0.2, 0.25) is 0 Å². The molecule has 1 heterocycles. The van der Waals surface area contributed by atoms with Crippen molar-refractivity contribution in [2.24, 2.45) is 10.7 Å². The van der Waals surface area contributed by atoms with Crippen LogP contribution in [0, 0.1) is 0 Å². The van der Waals surface area contributed by atoms with Crippen molar-refractivity contribution in [1.82, 2.24) is 9.80 Å². The molecule has 1 aliphatic rings. The zero-order valence-electron chi connectivity index (χ0n) is 13.3. The van der Waals surface area contributed by atoms with Crippen molar-refractivity contribution in [2.45, 2.75) is 25.8 Å². The number of hydrogen-bond acceptors (Lipinski definition) is 2. The van der Waals surface area contributed by atoms with E-state index in [4.69, 9.17) is 5.73 Å². The molecule has 1 aliphatic heterocycles. The lowest BCUT2D eigenvalue weighted by Gasteiger charge is -2.27. The summed E-state index contributed by atoms with van der Waals surface area (Å²) in [4.78, 5) is 20.0. The SMILES string of the molecule is CN(C)C(=O)c1ccc(CN=C(N)N2CCCCC2)cc1.I. The van der Waals surface area contributed by atoms with Crippen LogP contribution in [0.4, 0.5) is 0 Å². The van der Waals surface area contributed by atoms with Gasteiger partial charge in [-0.1, -0.05) is 12.1 Å². The molecule has 1 fully saturated rings. The number of nitrogens with two attached hydrogens (primary N) is 1. The van der Waals surface area contributed by atoms with Crippen LogP contribution in [0.15, 0.2) is 29.3 Å². The van der Waals surface area contributed by atoms with Crippen LogP contribution >= 0.6 is 24.0 Å². The van der Waals surface area contributed by atoms with Gasteiger partial charge in [0.2, 0.25) is 0 Å². The summed E-state index contributed by atoms with van der Waals surface area (Å²) in [6, 6.07) is 7.54. The summed E-state index contributed by atoms with van der Waals surface area (Å²) in [5.41, 5.74) is 7.78. The Morgan fingerprint density at radius 2 is 1.77 bits per heavy atom. The van der Waals surface area contributed by atoms with Crippen molar-refractivity contribution < 1.29 is 4.79 Å². The summed E-state index contributed by atoms with van der Waals surface area (Å²) in [6.45, 7) is 2.57. The second-order valence-corrected chi connectivity index (χ2v) is 5.62. The molecule has 2 N–H and O–H groups in total. The highest BCUT2D eigenvalue weighted by Gasteiger charge is 2.11. The molecule has 0 atom stereocenters. The number of rotatable bonds is 3. The third kappa shape index (κ3) is 5.15. The monoisotopic (exact) mass is 416 g/mol. The smallest absolute Gasteiger partial charge is 0.253 e. The Kier molecular flexibility index (Phi) is 7.64. The number of piperidine rings is 1. The van der Waals surface area contributed by atoms with Gasteiger partial charge in [-0.3, -0.25) is 4.79 Å². The van der Waals surface area contributed by atoms with Crippen molar-refractivity contribution in [3.05, 3.63) is 35.4 Å². The van der Waals surface area contributed by atoms with Crippen molar-refractivity contribution in [2.75, 3.05) is 27.2 Å². The molecule has 122 valence electrons. The predicted octanol–water partition coefficient (Wildman–Crippen LogP) is 2.31. The molecule has 0 aromatic heterocycles. The molecule has 0 aliphatic carbocycles. The number of hydrogen-bond donors (Lipinski definition) is 1. The van der Waals surface area contributed by atoms with Gasteiger partial charge in [0.05, 0.1) is 6.54 Å². The van der Waals surface area contributed by atoms with Crippen LogP contribution in [0.1, 0.15) is 35.2 Å². The van der Waals surface area contributed by atoms with Crippen LogP contribution in [-0.4, -0.2) is 48.9 Å². The van der Waals surface area contributed by atoms with Crippen molar-refractivity contribution in [1.29, 1.82) is 0 Å². The average Bonchev–Trinajstić information content (AvgIpc) is 2.53. The van der Waals surface area contributed by atoms with E-state index >= 15 is 0 Å². The van der Waals surface area contributed by atoms with E-state index in [1.807, 2.05) is 24.3 Å². The maximum absolute atomic E-state index is 11.8. The topological polar surface area (TPSA) is 61.9 Å². The third-order valence-corrected chi connectivity index (χ3v) is 3.71. The molecule has 0 spiro atoms. The third-order valence-electron chi connectivity index (χ3n) is 3.71. The molecule has 6 heteroatoms. The Hall–Kier alpha value is -1.31. The molecule has 1 aromatic carbocycles. The minimum atomic E-state index is 0. The molecular formula is C16H25IN4O. The van der Waals surface area contributed by atoms with E-state index in [-0.39, 0.29) is 29.9 Å². The zero-order chi connectivity index (χ0) is 15.2. The molecule has 1 aromatic rings. The highest BCUT2D eigenvalue weighted by Crippen LogP contribution is 2.10. The summed E-state index contributed by atoms with van der Waals surface area (Å²) < 4.78 is 0. The normalized spacial score (nSPS) is 15.2. The van der Waals surface area contributed by atoms with Crippen LogP contribution in [0.3, 0.4) is 0 Å². The Bertz CT molecular complexity index is 507. The van der Waals surface area contributed by atoms with Gasteiger partial charge in [-0.2, -0.15) is 0 Å². The number of benzene rings is 1. The first-order valence-electron chi connectivity index (χ1n) is 7.43. The number of halogens is 1. The van der Waals surface area contributed by atoms with Gasteiger partial charge in [-0.15, -0.1) is 24.0 Å². The Balaban J connectivity index is 0.00000242. The predicted molar refractivity (Wildman–Crippen MR) is 101 cm³/mol. The average molecular weight is 416 g/mol. The van der Waals surface area contributed by atoms with Gasteiger partial charge in [0.15, 0.2) is 5.96 Å². The standard InChI is InChI=1S/C16H24N4O.HI/c1-19(2)15(21)14-8-6-13(7-9-14)12-18-16(17)20-10-4-3-5-11-20;/h6-9H,3-5,10-12H2,1-2H3,(H2,17,18);1H. The van der Waals surface area contributed by atoms with E-state index in [0.717, 1.165) is 18.7 Å². The van der Waals surface area contributed by atoms with Gasteiger partial charge >= 0.3 is 0 Å². The van der Waals surface area contributed by atoms with E-state index in [2.05, 4.69) is 9.89 Å².